The predicted octanol–water partition coefficient (Wildman–Crippen LogP) is 2.18. The molecule has 0 aromatic heterocycles. The van der Waals surface area contributed by atoms with Crippen molar-refractivity contribution in [3.8, 4) is 0 Å². The summed E-state index contributed by atoms with van der Waals surface area (Å²) >= 11 is 0. The molecule has 0 heterocycles. The smallest absolute Gasteiger partial charge is 0.309 e. The fourth-order valence-corrected chi connectivity index (χ4v) is 2.10. The lowest BCUT2D eigenvalue weighted by Crippen LogP contribution is -2.37. The summed E-state index contributed by atoms with van der Waals surface area (Å²) in [6.07, 6.45) is 7.54. The number of aliphatic carboxylic acids is 1. The lowest BCUT2D eigenvalue weighted by Gasteiger charge is -2.37. The van der Waals surface area contributed by atoms with E-state index in [1.165, 1.54) is 0 Å². The van der Waals surface area contributed by atoms with Gasteiger partial charge in [0.15, 0.2) is 0 Å². The minimum Gasteiger partial charge on any atom is -0.481 e. The summed E-state index contributed by atoms with van der Waals surface area (Å²) in [6.45, 7) is 0.254. The first-order valence-electron chi connectivity index (χ1n) is 5.55. The molecule has 82 valence electrons. The summed E-state index contributed by atoms with van der Waals surface area (Å²) in [5, 5.41) is 17.6. The van der Waals surface area contributed by atoms with Crippen LogP contribution in [0.3, 0.4) is 0 Å². The Morgan fingerprint density at radius 3 is 2.21 bits per heavy atom. The van der Waals surface area contributed by atoms with Gasteiger partial charge in [0, 0.05) is 6.61 Å². The van der Waals surface area contributed by atoms with E-state index in [1.807, 2.05) is 0 Å². The number of aliphatic hydroxyl groups excluding tert-OH is 1. The minimum absolute atomic E-state index is 0.254. The van der Waals surface area contributed by atoms with Crippen molar-refractivity contribution >= 4 is 5.97 Å². The first-order chi connectivity index (χ1) is 6.71. The van der Waals surface area contributed by atoms with Crippen LogP contribution in [0.25, 0.3) is 0 Å². The molecular weight excluding hydrogens is 180 g/mol. The average molecular weight is 200 g/mol. The van der Waals surface area contributed by atoms with E-state index in [1.54, 1.807) is 0 Å². The molecule has 1 fully saturated rings. The largest absolute Gasteiger partial charge is 0.481 e. The van der Waals surface area contributed by atoms with Crippen molar-refractivity contribution in [1.82, 2.24) is 0 Å². The summed E-state index contributed by atoms with van der Waals surface area (Å²) in [6, 6.07) is 0. The van der Waals surface area contributed by atoms with E-state index in [2.05, 4.69) is 0 Å². The van der Waals surface area contributed by atoms with Crippen LogP contribution >= 0.6 is 0 Å². The summed E-state index contributed by atoms with van der Waals surface area (Å²) in [4.78, 5) is 11.0. The maximum atomic E-state index is 11.0. The number of hydrogen-bond donors (Lipinski definition) is 2. The van der Waals surface area contributed by atoms with Crippen LogP contribution in [0, 0.1) is 5.41 Å². The molecule has 0 bridgehead atoms. The van der Waals surface area contributed by atoms with Crippen LogP contribution in [-0.2, 0) is 4.79 Å². The molecule has 1 rings (SSSR count). The molecule has 0 radical (unpaired) electrons. The zero-order valence-corrected chi connectivity index (χ0v) is 8.67. The van der Waals surface area contributed by atoms with E-state index in [9.17, 15) is 4.79 Å². The van der Waals surface area contributed by atoms with Gasteiger partial charge in [-0.05, 0) is 25.7 Å². The van der Waals surface area contributed by atoms with Gasteiger partial charge < -0.3 is 10.2 Å². The summed E-state index contributed by atoms with van der Waals surface area (Å²) in [5.74, 6) is -0.606. The highest BCUT2D eigenvalue weighted by Crippen LogP contribution is 2.45. The molecule has 0 unspecified atom stereocenters. The van der Waals surface area contributed by atoms with Crippen LogP contribution in [-0.4, -0.2) is 22.8 Å². The van der Waals surface area contributed by atoms with Gasteiger partial charge in [0.1, 0.15) is 0 Å². The molecule has 3 nitrogen and oxygen atoms in total. The first kappa shape index (κ1) is 11.5. The molecule has 0 aliphatic heterocycles. The molecule has 1 saturated carbocycles. The Morgan fingerprint density at radius 1 is 1.14 bits per heavy atom. The van der Waals surface area contributed by atoms with Crippen molar-refractivity contribution in [3.63, 3.8) is 0 Å². The van der Waals surface area contributed by atoms with Crippen LogP contribution in [0.5, 0.6) is 0 Å². The minimum atomic E-state index is -0.606. The fraction of sp³-hybridized carbons (Fsp3) is 0.909. The van der Waals surface area contributed by atoms with Crippen LogP contribution in [0.4, 0.5) is 0 Å². The van der Waals surface area contributed by atoms with Gasteiger partial charge in [-0.15, -0.1) is 0 Å². The third kappa shape index (κ3) is 2.71. The van der Waals surface area contributed by atoms with Crippen LogP contribution < -0.4 is 0 Å². The number of unbranched alkanes of at least 4 members (excludes halogenated alkanes) is 3. The predicted molar refractivity (Wildman–Crippen MR) is 54.1 cm³/mol. The molecule has 0 atom stereocenters. The Labute approximate surface area is 85.1 Å². The second-order valence-electron chi connectivity index (χ2n) is 4.33. The van der Waals surface area contributed by atoms with Crippen molar-refractivity contribution < 1.29 is 15.0 Å². The summed E-state index contributed by atoms with van der Waals surface area (Å²) < 4.78 is 0. The maximum Gasteiger partial charge on any atom is 0.309 e. The van der Waals surface area contributed by atoms with E-state index in [0.717, 1.165) is 51.4 Å². The Bertz CT molecular complexity index is 185. The maximum absolute atomic E-state index is 11.0. The van der Waals surface area contributed by atoms with Gasteiger partial charge in [-0.25, -0.2) is 0 Å². The number of hydrogen-bond acceptors (Lipinski definition) is 2. The molecule has 3 heteroatoms. The number of rotatable bonds is 7. The van der Waals surface area contributed by atoms with E-state index in [0.29, 0.717) is 0 Å². The van der Waals surface area contributed by atoms with Crippen molar-refractivity contribution in [2.45, 2.75) is 51.4 Å². The standard InChI is InChI=1S/C11H20O3/c12-9-4-2-1-3-6-11(10(13)14)7-5-8-11/h12H,1-9H2,(H,13,14). The highest BCUT2D eigenvalue weighted by molar-refractivity contribution is 5.75. The first-order valence-corrected chi connectivity index (χ1v) is 5.55. The number of carboxylic acids is 1. The van der Waals surface area contributed by atoms with Gasteiger partial charge in [0.2, 0.25) is 0 Å². The third-order valence-corrected chi connectivity index (χ3v) is 3.33. The van der Waals surface area contributed by atoms with Crippen molar-refractivity contribution in [1.29, 1.82) is 0 Å². The van der Waals surface area contributed by atoms with E-state index < -0.39 is 5.97 Å². The van der Waals surface area contributed by atoms with Crippen molar-refractivity contribution in [2.24, 2.45) is 5.41 Å². The zero-order chi connectivity index (χ0) is 10.4. The van der Waals surface area contributed by atoms with Gasteiger partial charge in [0.05, 0.1) is 5.41 Å². The number of carbonyl (C=O) groups is 1. The highest BCUT2D eigenvalue weighted by Gasteiger charge is 2.43. The lowest BCUT2D eigenvalue weighted by molar-refractivity contribution is -0.155. The quantitative estimate of drug-likeness (QED) is 0.619. The Balaban J connectivity index is 2.12. The molecular formula is C11H20O3. The molecule has 2 N–H and O–H groups in total. The van der Waals surface area contributed by atoms with Gasteiger partial charge in [0.25, 0.3) is 0 Å². The topological polar surface area (TPSA) is 57.5 Å². The number of aliphatic hydroxyl groups is 1. The van der Waals surface area contributed by atoms with Gasteiger partial charge >= 0.3 is 5.97 Å². The van der Waals surface area contributed by atoms with Crippen LogP contribution in [0.2, 0.25) is 0 Å². The number of carboxylic acid groups (broad SMARTS) is 1. The Morgan fingerprint density at radius 2 is 1.79 bits per heavy atom. The van der Waals surface area contributed by atoms with E-state index >= 15 is 0 Å². The normalized spacial score (nSPS) is 18.9. The molecule has 1 aliphatic rings. The molecule has 0 saturated heterocycles. The Hall–Kier alpha value is -0.570. The highest BCUT2D eigenvalue weighted by atomic mass is 16.4. The van der Waals surface area contributed by atoms with Gasteiger partial charge in [-0.1, -0.05) is 25.7 Å². The average Bonchev–Trinajstić information content (AvgIpc) is 2.07. The van der Waals surface area contributed by atoms with E-state index in [-0.39, 0.29) is 12.0 Å². The summed E-state index contributed by atoms with van der Waals surface area (Å²) in [7, 11) is 0. The molecule has 1 aliphatic carbocycles. The van der Waals surface area contributed by atoms with Crippen molar-refractivity contribution in [3.05, 3.63) is 0 Å². The lowest BCUT2D eigenvalue weighted by atomic mass is 9.66. The second-order valence-corrected chi connectivity index (χ2v) is 4.33. The van der Waals surface area contributed by atoms with E-state index in [4.69, 9.17) is 10.2 Å². The van der Waals surface area contributed by atoms with Crippen LogP contribution in [0.15, 0.2) is 0 Å². The third-order valence-electron chi connectivity index (χ3n) is 3.33. The molecule has 0 spiro atoms. The van der Waals surface area contributed by atoms with Gasteiger partial charge in [-0.3, -0.25) is 4.79 Å². The van der Waals surface area contributed by atoms with Crippen molar-refractivity contribution in [2.75, 3.05) is 6.61 Å². The molecule has 0 aromatic rings. The summed E-state index contributed by atoms with van der Waals surface area (Å²) in [5.41, 5.74) is -0.376. The molecule has 0 amide bonds. The SMILES string of the molecule is O=C(O)C1(CCCCCCO)CCC1. The van der Waals surface area contributed by atoms with Crippen LogP contribution in [0.1, 0.15) is 51.4 Å². The monoisotopic (exact) mass is 200 g/mol. The molecule has 0 aromatic carbocycles. The Kier molecular flexibility index (Phi) is 4.39. The zero-order valence-electron chi connectivity index (χ0n) is 8.67. The van der Waals surface area contributed by atoms with Gasteiger partial charge in [-0.2, -0.15) is 0 Å². The fourth-order valence-electron chi connectivity index (χ4n) is 2.10. The molecule has 14 heavy (non-hydrogen) atoms. The second kappa shape index (κ2) is 5.35.